The molecule has 2 heterocycles. The van der Waals surface area contributed by atoms with Gasteiger partial charge in [-0.05, 0) is 19.1 Å². The molecule has 1 N–H and O–H groups in total. The Bertz CT molecular complexity index is 979. The van der Waals surface area contributed by atoms with E-state index in [2.05, 4.69) is 10.1 Å². The fourth-order valence-corrected chi connectivity index (χ4v) is 3.41. The van der Waals surface area contributed by atoms with Gasteiger partial charge < -0.3 is 5.11 Å². The van der Waals surface area contributed by atoms with Crippen LogP contribution in [0.15, 0.2) is 35.2 Å². The maximum atomic E-state index is 11.8. The predicted molar refractivity (Wildman–Crippen MR) is 82.9 cm³/mol. The molecule has 0 unspecified atom stereocenters. The molecule has 1 aromatic carbocycles. The van der Waals surface area contributed by atoms with E-state index in [0.717, 1.165) is 16.3 Å². The number of aromatic hydroxyl groups is 1. The summed E-state index contributed by atoms with van der Waals surface area (Å²) >= 11 is 5.85. The molecule has 3 aromatic rings. The molecule has 0 amide bonds. The van der Waals surface area contributed by atoms with Gasteiger partial charge in [-0.15, -0.1) is 0 Å². The number of aromatic nitrogens is 3. The van der Waals surface area contributed by atoms with Crippen LogP contribution in [0.25, 0.3) is 16.9 Å². The molecule has 0 aliphatic carbocycles. The van der Waals surface area contributed by atoms with Crippen molar-refractivity contribution in [1.29, 1.82) is 0 Å². The van der Waals surface area contributed by atoms with Crippen LogP contribution in [0.2, 0.25) is 5.02 Å². The lowest BCUT2D eigenvalue weighted by molar-refractivity contribution is 0.417. The number of sulfone groups is 1. The van der Waals surface area contributed by atoms with Crippen LogP contribution in [-0.4, -0.2) is 34.4 Å². The fraction of sp³-hybridized carbons (Fsp3) is 0.143. The summed E-state index contributed by atoms with van der Waals surface area (Å²) in [5, 5.41) is 15.1. The molecule has 3 rings (SSSR count). The first kappa shape index (κ1) is 14.8. The minimum Gasteiger partial charge on any atom is -0.492 e. The highest BCUT2D eigenvalue weighted by Gasteiger charge is 2.22. The predicted octanol–water partition coefficient (Wildman–Crippen LogP) is 2.47. The van der Waals surface area contributed by atoms with Crippen molar-refractivity contribution in [2.75, 3.05) is 6.26 Å². The highest BCUT2D eigenvalue weighted by Crippen LogP contribution is 2.28. The van der Waals surface area contributed by atoms with Gasteiger partial charge in [-0.2, -0.15) is 9.61 Å². The van der Waals surface area contributed by atoms with Gasteiger partial charge in [0.05, 0.1) is 11.4 Å². The zero-order valence-electron chi connectivity index (χ0n) is 11.8. The van der Waals surface area contributed by atoms with E-state index in [0.29, 0.717) is 16.4 Å². The molecule has 22 heavy (non-hydrogen) atoms. The van der Waals surface area contributed by atoms with E-state index in [1.54, 1.807) is 30.3 Å². The lowest BCUT2D eigenvalue weighted by Crippen LogP contribution is -2.06. The molecule has 0 saturated heterocycles. The van der Waals surface area contributed by atoms with Crippen LogP contribution >= 0.6 is 11.6 Å². The Morgan fingerprint density at radius 2 is 1.86 bits per heavy atom. The summed E-state index contributed by atoms with van der Waals surface area (Å²) in [6, 6.07) is 8.68. The van der Waals surface area contributed by atoms with E-state index >= 15 is 0 Å². The average molecular weight is 338 g/mol. The van der Waals surface area contributed by atoms with Crippen LogP contribution in [0.5, 0.6) is 5.88 Å². The highest BCUT2D eigenvalue weighted by atomic mass is 35.5. The number of fused-ring (bicyclic) bond motifs is 1. The summed E-state index contributed by atoms with van der Waals surface area (Å²) in [7, 11) is -3.61. The van der Waals surface area contributed by atoms with Crippen LogP contribution < -0.4 is 0 Å². The second kappa shape index (κ2) is 4.96. The standard InChI is InChI=1S/C14H12ClN3O3S/c1-8-13(22(2,20)21)14(19)18-12(16-8)7-11(17-18)9-3-5-10(15)6-4-9/h3-7,19H,1-2H3. The zero-order valence-corrected chi connectivity index (χ0v) is 13.4. The molecule has 0 radical (unpaired) electrons. The smallest absolute Gasteiger partial charge is 0.235 e. The van der Waals surface area contributed by atoms with Crippen LogP contribution in [-0.2, 0) is 9.84 Å². The third-order valence-electron chi connectivity index (χ3n) is 3.22. The van der Waals surface area contributed by atoms with Gasteiger partial charge in [0.2, 0.25) is 5.88 Å². The van der Waals surface area contributed by atoms with Gasteiger partial charge in [0.1, 0.15) is 4.90 Å². The molecular weight excluding hydrogens is 326 g/mol. The lowest BCUT2D eigenvalue weighted by atomic mass is 10.2. The maximum Gasteiger partial charge on any atom is 0.235 e. The molecule has 0 spiro atoms. The SMILES string of the molecule is Cc1nc2cc(-c3ccc(Cl)cc3)nn2c(O)c1S(C)(=O)=O. The Balaban J connectivity index is 2.27. The molecule has 2 aromatic heterocycles. The quantitative estimate of drug-likeness (QED) is 0.776. The Kier molecular flexibility index (Phi) is 3.34. The molecular formula is C14H12ClN3O3S. The van der Waals surface area contributed by atoms with Crippen molar-refractivity contribution in [2.45, 2.75) is 11.8 Å². The Morgan fingerprint density at radius 1 is 1.23 bits per heavy atom. The summed E-state index contributed by atoms with van der Waals surface area (Å²) < 4.78 is 24.7. The first-order valence-electron chi connectivity index (χ1n) is 6.33. The normalized spacial score (nSPS) is 12.0. The van der Waals surface area contributed by atoms with Crippen molar-refractivity contribution in [3.63, 3.8) is 0 Å². The Labute approximate surface area is 131 Å². The summed E-state index contributed by atoms with van der Waals surface area (Å²) in [5.74, 6) is -0.440. The fourth-order valence-electron chi connectivity index (χ4n) is 2.28. The third-order valence-corrected chi connectivity index (χ3v) is 4.69. The number of hydrogen-bond donors (Lipinski definition) is 1. The van der Waals surface area contributed by atoms with Crippen LogP contribution in [0, 0.1) is 6.92 Å². The third kappa shape index (κ3) is 2.42. The van der Waals surface area contributed by atoms with Crippen molar-refractivity contribution in [1.82, 2.24) is 14.6 Å². The molecule has 0 aliphatic rings. The van der Waals surface area contributed by atoms with E-state index in [4.69, 9.17) is 11.6 Å². The van der Waals surface area contributed by atoms with Crippen molar-refractivity contribution in [2.24, 2.45) is 0 Å². The lowest BCUT2D eigenvalue weighted by Gasteiger charge is -2.06. The second-order valence-corrected chi connectivity index (χ2v) is 7.32. The summed E-state index contributed by atoms with van der Waals surface area (Å²) in [6.07, 6.45) is 1.02. The van der Waals surface area contributed by atoms with Gasteiger partial charge in [0.25, 0.3) is 0 Å². The first-order chi connectivity index (χ1) is 10.3. The largest absolute Gasteiger partial charge is 0.492 e. The number of benzene rings is 1. The summed E-state index contributed by atoms with van der Waals surface area (Å²) in [6.45, 7) is 1.53. The first-order valence-corrected chi connectivity index (χ1v) is 8.59. The maximum absolute atomic E-state index is 11.8. The minimum absolute atomic E-state index is 0.217. The topological polar surface area (TPSA) is 84.6 Å². The summed E-state index contributed by atoms with van der Waals surface area (Å²) in [4.78, 5) is 3.98. The molecule has 0 bridgehead atoms. The molecule has 6 nitrogen and oxygen atoms in total. The van der Waals surface area contributed by atoms with E-state index in [1.807, 2.05) is 0 Å². The van der Waals surface area contributed by atoms with Gasteiger partial charge in [0.15, 0.2) is 15.5 Å². The number of hydrogen-bond acceptors (Lipinski definition) is 5. The molecule has 0 atom stereocenters. The number of nitrogens with zero attached hydrogens (tertiary/aromatic N) is 3. The van der Waals surface area contributed by atoms with Crippen molar-refractivity contribution >= 4 is 27.1 Å². The number of aryl methyl sites for hydroxylation is 1. The van der Waals surface area contributed by atoms with Crippen LogP contribution in [0.4, 0.5) is 0 Å². The van der Waals surface area contributed by atoms with E-state index in [1.165, 1.54) is 6.92 Å². The molecule has 114 valence electrons. The van der Waals surface area contributed by atoms with Crippen molar-refractivity contribution in [3.05, 3.63) is 41.0 Å². The van der Waals surface area contributed by atoms with Crippen molar-refractivity contribution in [3.8, 4) is 17.1 Å². The Hall–Kier alpha value is -2.12. The van der Waals surface area contributed by atoms with E-state index in [-0.39, 0.29) is 10.6 Å². The minimum atomic E-state index is -3.61. The average Bonchev–Trinajstić information content (AvgIpc) is 2.82. The summed E-state index contributed by atoms with van der Waals surface area (Å²) in [5.41, 5.74) is 1.94. The van der Waals surface area contributed by atoms with Gasteiger partial charge in [0, 0.05) is 22.9 Å². The Morgan fingerprint density at radius 3 is 2.45 bits per heavy atom. The van der Waals surface area contributed by atoms with E-state index < -0.39 is 15.7 Å². The molecule has 0 fully saturated rings. The monoisotopic (exact) mass is 337 g/mol. The van der Waals surface area contributed by atoms with Gasteiger partial charge >= 0.3 is 0 Å². The van der Waals surface area contributed by atoms with Gasteiger partial charge in [-0.3, -0.25) is 0 Å². The van der Waals surface area contributed by atoms with Gasteiger partial charge in [-0.25, -0.2) is 13.4 Å². The van der Waals surface area contributed by atoms with E-state index in [9.17, 15) is 13.5 Å². The molecule has 0 aliphatic heterocycles. The van der Waals surface area contributed by atoms with Gasteiger partial charge in [-0.1, -0.05) is 23.7 Å². The number of halogens is 1. The molecule has 8 heteroatoms. The zero-order chi connectivity index (χ0) is 16.1. The number of rotatable bonds is 2. The van der Waals surface area contributed by atoms with Crippen molar-refractivity contribution < 1.29 is 13.5 Å². The second-order valence-electron chi connectivity index (χ2n) is 4.93. The van der Waals surface area contributed by atoms with Crippen LogP contribution in [0.1, 0.15) is 5.69 Å². The highest BCUT2D eigenvalue weighted by molar-refractivity contribution is 7.90. The van der Waals surface area contributed by atoms with Crippen LogP contribution in [0.3, 0.4) is 0 Å². The molecule has 0 saturated carbocycles.